The van der Waals surface area contributed by atoms with Gasteiger partial charge >= 0.3 is 0 Å². The van der Waals surface area contributed by atoms with Gasteiger partial charge in [-0.3, -0.25) is 0 Å². The molecule has 1 unspecified atom stereocenters. The van der Waals surface area contributed by atoms with Crippen LogP contribution in [0.1, 0.15) is 33.1 Å². The first kappa shape index (κ1) is 14.3. The normalized spacial score (nSPS) is 20.2. The summed E-state index contributed by atoms with van der Waals surface area (Å²) in [5.41, 5.74) is 0. The first-order valence-corrected chi connectivity index (χ1v) is 7.69. The lowest BCUT2D eigenvalue weighted by atomic mass is 9.98. The number of nitrogens with one attached hydrogen (secondary N) is 1. The molecule has 0 aliphatic carbocycles. The lowest BCUT2D eigenvalue weighted by molar-refractivity contribution is 0.172. The molecule has 1 rings (SSSR count). The Balaban J connectivity index is 2.19. The predicted molar refractivity (Wildman–Crippen MR) is 73.2 cm³/mol. The van der Waals surface area contributed by atoms with E-state index in [-0.39, 0.29) is 0 Å². The third-order valence-corrected chi connectivity index (χ3v) is 4.50. The van der Waals surface area contributed by atoms with Crippen LogP contribution in [0, 0.1) is 11.8 Å². The molecule has 1 aliphatic heterocycles. The van der Waals surface area contributed by atoms with Crippen LogP contribution < -0.4 is 5.32 Å². The fourth-order valence-corrected chi connectivity index (χ4v) is 3.39. The standard InChI is InChI=1S/C13H27NOS/c1-11(2)13(4-7-15-3)14-10-12-5-8-16-9-6-12/h11-14H,4-10H2,1-3H3. The predicted octanol–water partition coefficient (Wildman–Crippen LogP) is 2.78. The summed E-state index contributed by atoms with van der Waals surface area (Å²) in [6.45, 7) is 6.66. The van der Waals surface area contributed by atoms with E-state index in [1.165, 1.54) is 30.9 Å². The Labute approximate surface area is 105 Å². The Morgan fingerprint density at radius 3 is 2.56 bits per heavy atom. The zero-order chi connectivity index (χ0) is 11.8. The topological polar surface area (TPSA) is 21.3 Å². The molecule has 0 aromatic carbocycles. The van der Waals surface area contributed by atoms with Crippen molar-refractivity contribution in [1.82, 2.24) is 5.32 Å². The van der Waals surface area contributed by atoms with Gasteiger partial charge in [0.05, 0.1) is 0 Å². The number of rotatable bonds is 7. The van der Waals surface area contributed by atoms with Crippen molar-refractivity contribution < 1.29 is 4.74 Å². The highest BCUT2D eigenvalue weighted by Crippen LogP contribution is 2.22. The van der Waals surface area contributed by atoms with Crippen LogP contribution in [-0.4, -0.2) is 37.8 Å². The van der Waals surface area contributed by atoms with Gasteiger partial charge < -0.3 is 10.1 Å². The van der Waals surface area contributed by atoms with E-state index in [1.807, 2.05) is 0 Å². The van der Waals surface area contributed by atoms with Crippen molar-refractivity contribution in [3.8, 4) is 0 Å². The molecule has 1 aliphatic rings. The van der Waals surface area contributed by atoms with E-state index in [0.29, 0.717) is 12.0 Å². The Morgan fingerprint density at radius 1 is 1.31 bits per heavy atom. The molecule has 0 radical (unpaired) electrons. The highest BCUT2D eigenvalue weighted by molar-refractivity contribution is 7.99. The largest absolute Gasteiger partial charge is 0.385 e. The van der Waals surface area contributed by atoms with E-state index in [0.717, 1.165) is 18.9 Å². The van der Waals surface area contributed by atoms with Gasteiger partial charge in [-0.2, -0.15) is 11.8 Å². The van der Waals surface area contributed by atoms with Crippen molar-refractivity contribution in [3.05, 3.63) is 0 Å². The van der Waals surface area contributed by atoms with E-state index in [9.17, 15) is 0 Å². The maximum Gasteiger partial charge on any atom is 0.0477 e. The summed E-state index contributed by atoms with van der Waals surface area (Å²) in [6, 6.07) is 0.620. The summed E-state index contributed by atoms with van der Waals surface area (Å²) in [6.07, 6.45) is 3.93. The number of hydrogen-bond donors (Lipinski definition) is 1. The summed E-state index contributed by atoms with van der Waals surface area (Å²) in [7, 11) is 1.79. The third-order valence-electron chi connectivity index (χ3n) is 3.45. The van der Waals surface area contributed by atoms with E-state index in [1.54, 1.807) is 7.11 Å². The Hall–Kier alpha value is 0.270. The first-order valence-electron chi connectivity index (χ1n) is 6.54. The molecule has 0 aromatic rings. The van der Waals surface area contributed by atoms with Gasteiger partial charge in [0.1, 0.15) is 0 Å². The van der Waals surface area contributed by atoms with Crippen molar-refractivity contribution in [2.45, 2.75) is 39.2 Å². The van der Waals surface area contributed by atoms with Crippen LogP contribution in [0.25, 0.3) is 0 Å². The average Bonchev–Trinajstić information content (AvgIpc) is 2.30. The van der Waals surface area contributed by atoms with E-state index in [2.05, 4.69) is 30.9 Å². The average molecular weight is 245 g/mol. The summed E-state index contributed by atoms with van der Waals surface area (Å²) >= 11 is 2.11. The molecule has 96 valence electrons. The van der Waals surface area contributed by atoms with Crippen molar-refractivity contribution in [2.75, 3.05) is 31.8 Å². The summed E-state index contributed by atoms with van der Waals surface area (Å²) < 4.78 is 5.17. The van der Waals surface area contributed by atoms with Crippen molar-refractivity contribution in [2.24, 2.45) is 11.8 Å². The Kier molecular flexibility index (Phi) is 7.50. The zero-order valence-electron chi connectivity index (χ0n) is 11.0. The van der Waals surface area contributed by atoms with Crippen LogP contribution in [0.5, 0.6) is 0 Å². The van der Waals surface area contributed by atoms with E-state index in [4.69, 9.17) is 4.74 Å². The second kappa shape index (κ2) is 8.37. The molecule has 0 aromatic heterocycles. The minimum absolute atomic E-state index is 0.620. The number of hydrogen-bond acceptors (Lipinski definition) is 3. The molecule has 3 heteroatoms. The van der Waals surface area contributed by atoms with Crippen LogP contribution in [-0.2, 0) is 4.74 Å². The minimum atomic E-state index is 0.620. The number of methoxy groups -OCH3 is 1. The lowest BCUT2D eigenvalue weighted by Gasteiger charge is -2.27. The summed E-state index contributed by atoms with van der Waals surface area (Å²) in [5.74, 6) is 4.33. The minimum Gasteiger partial charge on any atom is -0.385 e. The third kappa shape index (κ3) is 5.55. The summed E-state index contributed by atoms with van der Waals surface area (Å²) in [5, 5.41) is 3.73. The van der Waals surface area contributed by atoms with E-state index >= 15 is 0 Å². The Bertz CT molecular complexity index is 169. The summed E-state index contributed by atoms with van der Waals surface area (Å²) in [4.78, 5) is 0. The quantitative estimate of drug-likeness (QED) is 0.745. The first-order chi connectivity index (χ1) is 7.74. The molecule has 0 amide bonds. The molecule has 0 bridgehead atoms. The Morgan fingerprint density at radius 2 is 2.00 bits per heavy atom. The van der Waals surface area contributed by atoms with Gasteiger partial charge in [0, 0.05) is 19.8 Å². The SMILES string of the molecule is COCCC(NCC1CCSCC1)C(C)C. The number of thioether (sulfide) groups is 1. The van der Waals surface area contributed by atoms with Gasteiger partial charge in [-0.25, -0.2) is 0 Å². The second-order valence-corrected chi connectivity index (χ2v) is 6.32. The van der Waals surface area contributed by atoms with Gasteiger partial charge in [0.2, 0.25) is 0 Å². The molecule has 1 atom stereocenters. The van der Waals surface area contributed by atoms with Crippen LogP contribution in [0.2, 0.25) is 0 Å². The molecule has 0 saturated carbocycles. The maximum absolute atomic E-state index is 5.17. The highest BCUT2D eigenvalue weighted by atomic mass is 32.2. The molecular formula is C13H27NOS. The van der Waals surface area contributed by atoms with Crippen molar-refractivity contribution >= 4 is 11.8 Å². The van der Waals surface area contributed by atoms with Crippen LogP contribution in [0.4, 0.5) is 0 Å². The monoisotopic (exact) mass is 245 g/mol. The molecular weight excluding hydrogens is 218 g/mol. The van der Waals surface area contributed by atoms with Gasteiger partial charge in [0.15, 0.2) is 0 Å². The lowest BCUT2D eigenvalue weighted by Crippen LogP contribution is -2.38. The van der Waals surface area contributed by atoms with Gasteiger partial charge in [-0.05, 0) is 49.1 Å². The van der Waals surface area contributed by atoms with Crippen LogP contribution in [0.3, 0.4) is 0 Å². The molecule has 1 fully saturated rings. The van der Waals surface area contributed by atoms with Crippen LogP contribution >= 0.6 is 11.8 Å². The van der Waals surface area contributed by atoms with Crippen molar-refractivity contribution in [3.63, 3.8) is 0 Å². The van der Waals surface area contributed by atoms with Gasteiger partial charge in [0.25, 0.3) is 0 Å². The molecule has 1 N–H and O–H groups in total. The number of ether oxygens (including phenoxy) is 1. The molecule has 2 nitrogen and oxygen atoms in total. The van der Waals surface area contributed by atoms with Crippen LogP contribution in [0.15, 0.2) is 0 Å². The van der Waals surface area contributed by atoms with Crippen molar-refractivity contribution in [1.29, 1.82) is 0 Å². The molecule has 1 saturated heterocycles. The van der Waals surface area contributed by atoms with E-state index < -0.39 is 0 Å². The maximum atomic E-state index is 5.17. The second-order valence-electron chi connectivity index (χ2n) is 5.10. The smallest absolute Gasteiger partial charge is 0.0477 e. The van der Waals surface area contributed by atoms with Gasteiger partial charge in [-0.15, -0.1) is 0 Å². The molecule has 1 heterocycles. The van der Waals surface area contributed by atoms with Gasteiger partial charge in [-0.1, -0.05) is 13.8 Å². The highest BCUT2D eigenvalue weighted by Gasteiger charge is 2.17. The fraction of sp³-hybridized carbons (Fsp3) is 1.00. The fourth-order valence-electron chi connectivity index (χ4n) is 2.18. The zero-order valence-corrected chi connectivity index (χ0v) is 11.8. The molecule has 16 heavy (non-hydrogen) atoms. The molecule has 0 spiro atoms.